The zero-order valence-corrected chi connectivity index (χ0v) is 21.6. The largest absolute Gasteiger partial charge is 0.497 e. The summed E-state index contributed by atoms with van der Waals surface area (Å²) in [4.78, 5) is 28.1. The second kappa shape index (κ2) is 12.5. The van der Waals surface area contributed by atoms with Crippen LogP contribution >= 0.6 is 0 Å². The van der Waals surface area contributed by atoms with Crippen LogP contribution in [0.25, 0.3) is 0 Å². The van der Waals surface area contributed by atoms with E-state index in [-0.39, 0.29) is 24.2 Å². The van der Waals surface area contributed by atoms with Crippen LogP contribution in [-0.4, -0.2) is 57.1 Å². The third-order valence-electron chi connectivity index (χ3n) is 5.67. The number of benzene rings is 2. The van der Waals surface area contributed by atoms with E-state index in [0.717, 1.165) is 34.7 Å². The molecular weight excluding hydrogens is 473 g/mol. The van der Waals surface area contributed by atoms with Crippen LogP contribution in [0.4, 0.5) is 10.1 Å². The number of anilines is 1. The molecule has 0 unspecified atom stereocenters. The number of carbonyl (C=O) groups excluding carboxylic acids is 2. The van der Waals surface area contributed by atoms with Crippen LogP contribution in [0, 0.1) is 5.82 Å². The molecule has 0 saturated heterocycles. The smallest absolute Gasteiger partial charge is 0.244 e. The number of nitrogens with one attached hydrogen (secondary N) is 1. The minimum Gasteiger partial charge on any atom is -0.497 e. The number of carbonyl (C=O) groups is 2. The van der Waals surface area contributed by atoms with Crippen LogP contribution in [0.3, 0.4) is 0 Å². The SMILES string of the molecule is CC[C@H](C)NC(=O)[C@H](CC)N(Cc1cccc(OC)c1)C(=O)CN(c1ccc(F)cc1)S(C)(=O)=O. The van der Waals surface area contributed by atoms with Crippen molar-refractivity contribution in [2.45, 2.75) is 52.2 Å². The lowest BCUT2D eigenvalue weighted by molar-refractivity contribution is -0.140. The molecule has 192 valence electrons. The van der Waals surface area contributed by atoms with Crippen molar-refractivity contribution in [2.24, 2.45) is 0 Å². The molecule has 1 N–H and O–H groups in total. The number of hydrogen-bond acceptors (Lipinski definition) is 5. The molecule has 0 radical (unpaired) electrons. The lowest BCUT2D eigenvalue weighted by Gasteiger charge is -2.33. The van der Waals surface area contributed by atoms with Crippen molar-refractivity contribution in [2.75, 3.05) is 24.2 Å². The van der Waals surface area contributed by atoms with Crippen LogP contribution in [0.15, 0.2) is 48.5 Å². The Morgan fingerprint density at radius 1 is 1.09 bits per heavy atom. The third kappa shape index (κ3) is 7.95. The van der Waals surface area contributed by atoms with Gasteiger partial charge in [0, 0.05) is 12.6 Å². The van der Waals surface area contributed by atoms with Crippen LogP contribution in [0.5, 0.6) is 5.75 Å². The van der Waals surface area contributed by atoms with Gasteiger partial charge in [0.25, 0.3) is 0 Å². The van der Waals surface area contributed by atoms with Crippen LogP contribution in [0.1, 0.15) is 39.2 Å². The molecule has 0 fully saturated rings. The molecule has 10 heteroatoms. The normalized spacial score (nSPS) is 13.0. The maximum Gasteiger partial charge on any atom is 0.244 e. The number of methoxy groups -OCH3 is 1. The van der Waals surface area contributed by atoms with Gasteiger partial charge >= 0.3 is 0 Å². The Labute approximate surface area is 207 Å². The van der Waals surface area contributed by atoms with Gasteiger partial charge in [-0.2, -0.15) is 0 Å². The second-order valence-electron chi connectivity index (χ2n) is 8.36. The molecule has 2 amide bonds. The van der Waals surface area contributed by atoms with Crippen molar-refractivity contribution in [1.29, 1.82) is 0 Å². The number of ether oxygens (including phenoxy) is 1. The van der Waals surface area contributed by atoms with Gasteiger partial charge in [0.2, 0.25) is 21.8 Å². The standard InChI is InChI=1S/C25H34FN3O5S/c1-6-18(3)27-25(31)23(7-2)28(16-19-9-8-10-22(15-19)34-4)24(30)17-29(35(5,32)33)21-13-11-20(26)12-14-21/h8-15,18,23H,6-7,16-17H2,1-5H3,(H,27,31)/t18-,23-/m0/s1. The first kappa shape index (κ1) is 28.1. The maximum atomic E-state index is 13.6. The molecule has 2 aromatic rings. The Morgan fingerprint density at radius 3 is 2.29 bits per heavy atom. The first-order valence-electron chi connectivity index (χ1n) is 11.5. The van der Waals surface area contributed by atoms with E-state index in [2.05, 4.69) is 5.32 Å². The highest BCUT2D eigenvalue weighted by Gasteiger charge is 2.32. The molecule has 2 aromatic carbocycles. The molecule has 8 nitrogen and oxygen atoms in total. The van der Waals surface area contributed by atoms with Gasteiger partial charge in [-0.15, -0.1) is 0 Å². The van der Waals surface area contributed by atoms with Crippen molar-refractivity contribution < 1.29 is 27.1 Å². The Balaban J connectivity index is 2.44. The molecule has 0 spiro atoms. The van der Waals surface area contributed by atoms with E-state index in [1.165, 1.54) is 24.1 Å². The van der Waals surface area contributed by atoms with Gasteiger partial charge < -0.3 is 15.0 Å². The fourth-order valence-corrected chi connectivity index (χ4v) is 4.40. The zero-order chi connectivity index (χ0) is 26.2. The van der Waals surface area contributed by atoms with E-state index < -0.39 is 34.3 Å². The number of sulfonamides is 1. The van der Waals surface area contributed by atoms with E-state index in [4.69, 9.17) is 4.74 Å². The summed E-state index contributed by atoms with van der Waals surface area (Å²) in [5, 5.41) is 2.91. The van der Waals surface area contributed by atoms with Crippen molar-refractivity contribution >= 4 is 27.5 Å². The Bertz CT molecular complexity index is 1110. The molecule has 0 aliphatic carbocycles. The fourth-order valence-electron chi connectivity index (χ4n) is 3.55. The minimum atomic E-state index is -3.88. The first-order chi connectivity index (χ1) is 16.5. The van der Waals surface area contributed by atoms with Gasteiger partial charge in [0.15, 0.2) is 0 Å². The first-order valence-corrected chi connectivity index (χ1v) is 13.3. The van der Waals surface area contributed by atoms with Gasteiger partial charge in [0.1, 0.15) is 24.2 Å². The molecule has 2 rings (SSSR count). The summed E-state index contributed by atoms with van der Waals surface area (Å²) in [7, 11) is -2.34. The van der Waals surface area contributed by atoms with Gasteiger partial charge in [-0.05, 0) is 61.7 Å². The highest BCUT2D eigenvalue weighted by molar-refractivity contribution is 7.92. The zero-order valence-electron chi connectivity index (χ0n) is 20.8. The molecule has 0 heterocycles. The summed E-state index contributed by atoms with van der Waals surface area (Å²) >= 11 is 0. The van der Waals surface area contributed by atoms with Gasteiger partial charge in [-0.3, -0.25) is 13.9 Å². The quantitative estimate of drug-likeness (QED) is 0.476. The Hall–Kier alpha value is -3.14. The highest BCUT2D eigenvalue weighted by atomic mass is 32.2. The predicted molar refractivity (Wildman–Crippen MR) is 134 cm³/mol. The third-order valence-corrected chi connectivity index (χ3v) is 6.81. The number of hydrogen-bond donors (Lipinski definition) is 1. The number of halogens is 1. The number of amides is 2. The van der Waals surface area contributed by atoms with Crippen LogP contribution in [-0.2, 0) is 26.2 Å². The van der Waals surface area contributed by atoms with Gasteiger partial charge in [0.05, 0.1) is 19.1 Å². The topological polar surface area (TPSA) is 96.0 Å². The fraction of sp³-hybridized carbons (Fsp3) is 0.440. The highest BCUT2D eigenvalue weighted by Crippen LogP contribution is 2.21. The molecule has 0 aliphatic heterocycles. The summed E-state index contributed by atoms with van der Waals surface area (Å²) in [6, 6.07) is 11.0. The molecule has 0 aliphatic rings. The molecule has 0 aromatic heterocycles. The summed E-state index contributed by atoms with van der Waals surface area (Å²) in [5.74, 6) is -0.809. The molecule has 35 heavy (non-hydrogen) atoms. The number of nitrogens with zero attached hydrogens (tertiary/aromatic N) is 2. The lowest BCUT2D eigenvalue weighted by atomic mass is 10.1. The summed E-state index contributed by atoms with van der Waals surface area (Å²) in [6.07, 6.45) is 2.02. The Morgan fingerprint density at radius 2 is 1.74 bits per heavy atom. The molecule has 0 bridgehead atoms. The van der Waals surface area contributed by atoms with Crippen molar-refractivity contribution in [3.63, 3.8) is 0 Å². The average Bonchev–Trinajstić information content (AvgIpc) is 2.82. The van der Waals surface area contributed by atoms with E-state index in [1.54, 1.807) is 31.2 Å². The van der Waals surface area contributed by atoms with Gasteiger partial charge in [-0.25, -0.2) is 12.8 Å². The van der Waals surface area contributed by atoms with Crippen molar-refractivity contribution in [3.8, 4) is 5.75 Å². The monoisotopic (exact) mass is 507 g/mol. The van der Waals surface area contributed by atoms with E-state index in [1.807, 2.05) is 13.8 Å². The number of rotatable bonds is 12. The van der Waals surface area contributed by atoms with E-state index in [9.17, 15) is 22.4 Å². The van der Waals surface area contributed by atoms with Crippen LogP contribution in [0.2, 0.25) is 0 Å². The second-order valence-corrected chi connectivity index (χ2v) is 10.3. The van der Waals surface area contributed by atoms with E-state index >= 15 is 0 Å². The van der Waals surface area contributed by atoms with Crippen molar-refractivity contribution in [3.05, 3.63) is 59.9 Å². The molecule has 0 saturated carbocycles. The van der Waals surface area contributed by atoms with Gasteiger partial charge in [-0.1, -0.05) is 26.0 Å². The summed E-state index contributed by atoms with van der Waals surface area (Å²) in [5.41, 5.74) is 0.876. The predicted octanol–water partition coefficient (Wildman–Crippen LogP) is 3.32. The summed E-state index contributed by atoms with van der Waals surface area (Å²) in [6.45, 7) is 5.14. The lowest BCUT2D eigenvalue weighted by Crippen LogP contribution is -2.53. The average molecular weight is 508 g/mol. The minimum absolute atomic E-state index is 0.0729. The molecule has 2 atom stereocenters. The molecular formula is C25H34FN3O5S. The van der Waals surface area contributed by atoms with Crippen LogP contribution < -0.4 is 14.4 Å². The Kier molecular flexibility index (Phi) is 10.1. The van der Waals surface area contributed by atoms with E-state index in [0.29, 0.717) is 12.2 Å². The maximum absolute atomic E-state index is 13.6. The summed E-state index contributed by atoms with van der Waals surface area (Å²) < 4.78 is 44.7. The van der Waals surface area contributed by atoms with Crippen molar-refractivity contribution in [1.82, 2.24) is 10.2 Å².